The summed E-state index contributed by atoms with van der Waals surface area (Å²) in [7, 11) is 0. The molecule has 2 heteroatoms. The highest BCUT2D eigenvalue weighted by Crippen LogP contribution is 2.16. The third kappa shape index (κ3) is 1.12. The second kappa shape index (κ2) is 2.35. The molecule has 0 aliphatic rings. The number of rotatable bonds is 0. The van der Waals surface area contributed by atoms with E-state index in [1.54, 1.807) is 18.2 Å². The van der Waals surface area contributed by atoms with E-state index in [1.807, 2.05) is 22.6 Å². The number of aromatic hydroxyl groups is 1. The van der Waals surface area contributed by atoms with Crippen LogP contribution in [0.4, 0.5) is 0 Å². The molecular weight excluding hydrogens is 215 g/mol. The van der Waals surface area contributed by atoms with Gasteiger partial charge in [0, 0.05) is 0 Å². The van der Waals surface area contributed by atoms with E-state index < -0.39 is 0 Å². The maximum absolute atomic E-state index is 8.97. The molecule has 0 bridgehead atoms. The smallest absolute Gasteiger partial charge is 0.128 e. The molecule has 0 atom stereocenters. The van der Waals surface area contributed by atoms with Crippen LogP contribution in [0, 0.1) is 3.57 Å². The molecule has 0 saturated carbocycles. The van der Waals surface area contributed by atoms with Crippen LogP contribution in [0.2, 0.25) is 0 Å². The van der Waals surface area contributed by atoms with Gasteiger partial charge >= 0.3 is 0 Å². The maximum atomic E-state index is 8.97. The molecule has 1 aromatic carbocycles. The highest BCUT2D eigenvalue weighted by molar-refractivity contribution is 14.1. The second-order valence-corrected chi connectivity index (χ2v) is 2.45. The monoisotopic (exact) mass is 221 g/mol. The van der Waals surface area contributed by atoms with Gasteiger partial charge in [-0.1, -0.05) is 12.1 Å². The van der Waals surface area contributed by atoms with Crippen molar-refractivity contribution in [3.63, 3.8) is 0 Å². The van der Waals surface area contributed by atoms with Crippen molar-refractivity contribution in [3.8, 4) is 5.75 Å². The highest BCUT2D eigenvalue weighted by Gasteiger charge is 1.89. The number of para-hydroxylation sites is 1. The van der Waals surface area contributed by atoms with Gasteiger partial charge in [0.25, 0.3) is 0 Å². The minimum atomic E-state index is 0.183. The van der Waals surface area contributed by atoms with E-state index >= 15 is 0 Å². The van der Waals surface area contributed by atoms with Crippen molar-refractivity contribution >= 4 is 22.6 Å². The number of hydrogen-bond donors (Lipinski definition) is 1. The van der Waals surface area contributed by atoms with Crippen LogP contribution in [0.15, 0.2) is 24.2 Å². The van der Waals surface area contributed by atoms with Crippen molar-refractivity contribution in [2.45, 2.75) is 0 Å². The number of halogens is 1. The van der Waals surface area contributed by atoms with Gasteiger partial charge in [-0.25, -0.2) is 0 Å². The summed E-state index contributed by atoms with van der Waals surface area (Å²) in [5.41, 5.74) is 0. The average molecular weight is 221 g/mol. The van der Waals surface area contributed by atoms with Crippen molar-refractivity contribution in [1.82, 2.24) is 0 Å². The summed E-state index contributed by atoms with van der Waals surface area (Å²) >= 11 is 1.93. The summed E-state index contributed by atoms with van der Waals surface area (Å²) in [6.07, 6.45) is 0. The summed E-state index contributed by atoms with van der Waals surface area (Å²) in [6.45, 7) is 0. The molecule has 0 fully saturated rings. The molecule has 0 heterocycles. The van der Waals surface area contributed by atoms with E-state index in [4.69, 9.17) is 6.48 Å². The molecule has 1 N–H and O–H groups in total. The van der Waals surface area contributed by atoms with E-state index in [9.17, 15) is 0 Å². The van der Waals surface area contributed by atoms with Gasteiger partial charge in [0.1, 0.15) is 5.75 Å². The summed E-state index contributed by atoms with van der Waals surface area (Å²) in [6, 6.07) is 5.23. The first-order chi connectivity index (χ1) is 4.22. The molecule has 1 nitrogen and oxygen atoms in total. The van der Waals surface area contributed by atoms with Crippen LogP contribution < -0.4 is 0 Å². The van der Waals surface area contributed by atoms with E-state index in [2.05, 4.69) is 0 Å². The van der Waals surface area contributed by atoms with Crippen molar-refractivity contribution in [1.29, 1.82) is 0 Å². The predicted octanol–water partition coefficient (Wildman–Crippen LogP) is 2.00. The van der Waals surface area contributed by atoms with E-state index in [0.717, 1.165) is 0 Å². The van der Waals surface area contributed by atoms with E-state index in [1.165, 1.54) is 0 Å². The zero-order valence-corrected chi connectivity index (χ0v) is 6.21. The fourth-order valence-corrected chi connectivity index (χ4v) is 0.767. The minimum Gasteiger partial charge on any atom is -0.507 e. The van der Waals surface area contributed by atoms with Crippen LogP contribution >= 0.6 is 22.6 Å². The molecule has 0 aromatic heterocycles. The lowest BCUT2D eigenvalue weighted by Crippen LogP contribution is -1.67. The fraction of sp³-hybridized carbons (Fsp3) is 0. The average Bonchev–Trinajstić information content (AvgIpc) is 1.83. The van der Waals surface area contributed by atoms with Gasteiger partial charge in [-0.3, -0.25) is 0 Å². The maximum Gasteiger partial charge on any atom is 0.128 e. The first kappa shape index (κ1) is 4.61. The summed E-state index contributed by atoms with van der Waals surface area (Å²) in [4.78, 5) is 0. The van der Waals surface area contributed by atoms with Crippen LogP contribution in [0.5, 0.6) is 5.75 Å². The van der Waals surface area contributed by atoms with Crippen molar-refractivity contribution in [2.75, 3.05) is 0 Å². The van der Waals surface area contributed by atoms with Crippen LogP contribution in [0.1, 0.15) is 1.37 Å². The Morgan fingerprint density at radius 2 is 2.38 bits per heavy atom. The zero-order chi connectivity index (χ0) is 6.85. The molecule has 0 amide bonds. The van der Waals surface area contributed by atoms with Gasteiger partial charge in [0.05, 0.1) is 4.94 Å². The van der Waals surface area contributed by atoms with Gasteiger partial charge in [0.15, 0.2) is 0 Å². The molecular formula is C6H5IO. The highest BCUT2D eigenvalue weighted by atomic mass is 127. The lowest BCUT2D eigenvalue weighted by atomic mass is 10.3. The Labute approximate surface area is 62.9 Å². The number of hydrogen-bond acceptors (Lipinski definition) is 1. The Morgan fingerprint density at radius 1 is 1.62 bits per heavy atom. The van der Waals surface area contributed by atoms with Crippen molar-refractivity contribution in [3.05, 3.63) is 27.8 Å². The Bertz CT molecular complexity index is 204. The van der Waals surface area contributed by atoms with E-state index in [0.29, 0.717) is 9.61 Å². The lowest BCUT2D eigenvalue weighted by Gasteiger charge is -1.90. The minimum absolute atomic E-state index is 0.183. The fourth-order valence-electron chi connectivity index (χ4n) is 0.408. The van der Waals surface area contributed by atoms with Gasteiger partial charge in [-0.2, -0.15) is 0 Å². The predicted molar refractivity (Wildman–Crippen MR) is 40.8 cm³/mol. The molecule has 8 heavy (non-hydrogen) atoms. The Morgan fingerprint density at radius 3 is 2.88 bits per heavy atom. The topological polar surface area (TPSA) is 20.2 Å². The van der Waals surface area contributed by atoms with Gasteiger partial charge in [-0.15, -0.1) is 0 Å². The zero-order valence-electron chi connectivity index (χ0n) is 5.06. The molecule has 0 radical (unpaired) electrons. The SMILES string of the molecule is [2H]c1cccc(O)c1I. The summed E-state index contributed by atoms with van der Waals surface area (Å²) < 4.78 is 7.80. The molecule has 1 aromatic rings. The summed E-state index contributed by atoms with van der Waals surface area (Å²) in [5, 5.41) is 8.97. The third-order valence-corrected chi connectivity index (χ3v) is 1.65. The molecule has 1 rings (SSSR count). The standard InChI is InChI=1S/C6H5IO/c7-5-3-1-2-4-6(5)8/h1-4,8H/i3D. The van der Waals surface area contributed by atoms with Crippen LogP contribution in [-0.4, -0.2) is 5.11 Å². The van der Waals surface area contributed by atoms with Crippen molar-refractivity contribution in [2.24, 2.45) is 0 Å². The molecule has 0 spiro atoms. The molecule has 42 valence electrons. The Hall–Kier alpha value is -0.250. The lowest BCUT2D eigenvalue weighted by molar-refractivity contribution is 0.471. The second-order valence-electron chi connectivity index (χ2n) is 1.37. The quantitative estimate of drug-likeness (QED) is 0.664. The van der Waals surface area contributed by atoms with E-state index in [-0.39, 0.29) is 5.75 Å². The largest absolute Gasteiger partial charge is 0.507 e. The number of phenols is 1. The normalized spacial score (nSPS) is 10.9. The first-order valence-corrected chi connectivity index (χ1v) is 3.24. The Balaban J connectivity index is 3.25. The van der Waals surface area contributed by atoms with Crippen LogP contribution in [-0.2, 0) is 0 Å². The van der Waals surface area contributed by atoms with Gasteiger partial charge in [-0.05, 0) is 34.7 Å². The summed E-state index contributed by atoms with van der Waals surface area (Å²) in [5.74, 6) is 0.183. The number of benzene rings is 1. The molecule has 0 aliphatic heterocycles. The molecule has 0 unspecified atom stereocenters. The Kier molecular flexibility index (Phi) is 1.35. The molecule has 0 saturated heterocycles. The van der Waals surface area contributed by atoms with Gasteiger partial charge in [0.2, 0.25) is 0 Å². The van der Waals surface area contributed by atoms with Crippen LogP contribution in [0.25, 0.3) is 0 Å². The number of phenolic OH excluding ortho intramolecular Hbond substituents is 1. The molecule has 0 aliphatic carbocycles. The first-order valence-electron chi connectivity index (χ1n) is 2.66. The van der Waals surface area contributed by atoms with Gasteiger partial charge < -0.3 is 5.11 Å². The van der Waals surface area contributed by atoms with Crippen LogP contribution in [0.3, 0.4) is 0 Å². The van der Waals surface area contributed by atoms with Crippen molar-refractivity contribution < 1.29 is 6.48 Å². The third-order valence-electron chi connectivity index (χ3n) is 0.785.